The molecule has 4 bridgehead atoms. The van der Waals surface area contributed by atoms with Gasteiger partial charge in [-0.05, 0) is 62.0 Å². The number of amides is 2. The molecule has 8 nitrogen and oxygen atoms in total. The van der Waals surface area contributed by atoms with Crippen molar-refractivity contribution < 1.29 is 27.5 Å². The second-order valence-electron chi connectivity index (χ2n) is 8.94. The molecule has 0 aliphatic heterocycles. The molecule has 3 atom stereocenters. The van der Waals surface area contributed by atoms with Gasteiger partial charge in [-0.2, -0.15) is 4.72 Å². The second kappa shape index (κ2) is 7.58. The molecule has 5 rings (SSSR count). The summed E-state index contributed by atoms with van der Waals surface area (Å²) in [7, 11) is -4.34. The highest BCUT2D eigenvalue weighted by Crippen LogP contribution is 2.59. The van der Waals surface area contributed by atoms with Crippen molar-refractivity contribution in [2.75, 3.05) is 6.61 Å². The molecule has 5 N–H and O–H groups in total. The topological polar surface area (TPSA) is 139 Å². The molecule has 4 aliphatic carbocycles. The van der Waals surface area contributed by atoms with E-state index >= 15 is 0 Å². The highest BCUT2D eigenvalue weighted by Gasteiger charge is 2.58. The Balaban J connectivity index is 1.47. The lowest BCUT2D eigenvalue weighted by molar-refractivity contribution is -0.147. The van der Waals surface area contributed by atoms with E-state index in [1.807, 2.05) is 0 Å². The molecule has 2 unspecified atom stereocenters. The molecule has 4 fully saturated rings. The van der Waals surface area contributed by atoms with Gasteiger partial charge in [-0.15, -0.1) is 0 Å². The van der Waals surface area contributed by atoms with Crippen molar-refractivity contribution in [1.29, 1.82) is 0 Å². The molecule has 4 aliphatic rings. The lowest BCUT2D eigenvalue weighted by Gasteiger charge is -2.58. The largest absolute Gasteiger partial charge is 0.394 e. The number of rotatable bonds is 7. The molecule has 2 amide bonds. The van der Waals surface area contributed by atoms with E-state index in [0.29, 0.717) is 18.8 Å². The molecular weight excluding hydrogens is 413 g/mol. The van der Waals surface area contributed by atoms with Crippen LogP contribution in [0.15, 0.2) is 29.2 Å². The third kappa shape index (κ3) is 3.61. The van der Waals surface area contributed by atoms with E-state index in [0.717, 1.165) is 31.4 Å². The van der Waals surface area contributed by atoms with Gasteiger partial charge in [0, 0.05) is 11.5 Å². The van der Waals surface area contributed by atoms with E-state index in [1.165, 1.54) is 12.1 Å². The predicted molar refractivity (Wildman–Crippen MR) is 105 cm³/mol. The Labute approximate surface area is 174 Å². The van der Waals surface area contributed by atoms with Crippen LogP contribution in [0.25, 0.3) is 0 Å². The molecule has 0 heterocycles. The van der Waals surface area contributed by atoms with Crippen molar-refractivity contribution in [2.24, 2.45) is 28.9 Å². The summed E-state index contributed by atoms with van der Waals surface area (Å²) in [5, 5.41) is 12.5. The number of primary amides is 1. The van der Waals surface area contributed by atoms with Gasteiger partial charge in [0.1, 0.15) is 16.8 Å². The average molecular weight is 440 g/mol. The zero-order valence-electron chi connectivity index (χ0n) is 16.4. The molecule has 0 saturated heterocycles. The fourth-order valence-corrected chi connectivity index (χ4v) is 7.18. The van der Waals surface area contributed by atoms with E-state index in [2.05, 4.69) is 10.0 Å². The Morgan fingerprint density at radius 3 is 2.40 bits per heavy atom. The van der Waals surface area contributed by atoms with Crippen LogP contribution in [-0.2, 0) is 19.6 Å². The van der Waals surface area contributed by atoms with Gasteiger partial charge < -0.3 is 16.2 Å². The summed E-state index contributed by atoms with van der Waals surface area (Å²) in [6.07, 6.45) is 3.82. The van der Waals surface area contributed by atoms with Crippen molar-refractivity contribution in [3.05, 3.63) is 30.1 Å². The highest BCUT2D eigenvalue weighted by atomic mass is 32.2. The molecular formula is C20H26FN3O5S. The van der Waals surface area contributed by atoms with Gasteiger partial charge in [0.15, 0.2) is 0 Å². The fraction of sp³-hybridized carbons (Fsp3) is 0.600. The van der Waals surface area contributed by atoms with Crippen molar-refractivity contribution in [3.63, 3.8) is 0 Å². The van der Waals surface area contributed by atoms with Crippen molar-refractivity contribution in [2.45, 2.75) is 49.1 Å². The first-order valence-corrected chi connectivity index (χ1v) is 11.6. The van der Waals surface area contributed by atoms with E-state index in [-0.39, 0.29) is 23.8 Å². The number of carbonyl (C=O) groups excluding carboxylic acids is 2. The number of carbonyl (C=O) groups is 2. The minimum atomic E-state index is -4.34. The van der Waals surface area contributed by atoms with Crippen molar-refractivity contribution in [3.8, 4) is 0 Å². The number of nitrogens with two attached hydrogens (primary N) is 1. The first-order valence-electron chi connectivity index (χ1n) is 10.1. The van der Waals surface area contributed by atoms with Crippen LogP contribution in [0.4, 0.5) is 4.39 Å². The molecule has 1 aromatic rings. The summed E-state index contributed by atoms with van der Waals surface area (Å²) < 4.78 is 41.0. The Morgan fingerprint density at radius 2 is 1.83 bits per heavy atom. The molecule has 0 aromatic heterocycles. The smallest absolute Gasteiger partial charge is 0.244 e. The van der Waals surface area contributed by atoms with E-state index in [9.17, 15) is 27.5 Å². The zero-order valence-corrected chi connectivity index (χ0v) is 17.2. The molecule has 164 valence electrons. The van der Waals surface area contributed by atoms with E-state index in [4.69, 9.17) is 5.73 Å². The average Bonchev–Trinajstić information content (AvgIpc) is 2.68. The number of hydrogen-bond donors (Lipinski definition) is 4. The van der Waals surface area contributed by atoms with Crippen LogP contribution in [0.3, 0.4) is 0 Å². The number of hydrogen-bond acceptors (Lipinski definition) is 5. The Bertz CT molecular complexity index is 953. The summed E-state index contributed by atoms with van der Waals surface area (Å²) in [6.45, 7) is -0.768. The monoisotopic (exact) mass is 439 g/mol. The predicted octanol–water partition coefficient (Wildman–Crippen LogP) is 0.261. The van der Waals surface area contributed by atoms with Gasteiger partial charge in [0.05, 0.1) is 6.61 Å². The summed E-state index contributed by atoms with van der Waals surface area (Å²) in [4.78, 5) is 24.3. The Hall–Kier alpha value is -2.04. The maximum atomic E-state index is 13.9. The Morgan fingerprint density at radius 1 is 1.20 bits per heavy atom. The molecule has 30 heavy (non-hydrogen) atoms. The highest BCUT2D eigenvalue weighted by molar-refractivity contribution is 7.89. The third-order valence-electron chi connectivity index (χ3n) is 7.03. The summed E-state index contributed by atoms with van der Waals surface area (Å²) in [6, 6.07) is 3.17. The van der Waals surface area contributed by atoms with Crippen LogP contribution in [0, 0.1) is 29.0 Å². The third-order valence-corrected chi connectivity index (χ3v) is 8.53. The normalized spacial score (nSPS) is 33.3. The van der Waals surface area contributed by atoms with E-state index in [1.54, 1.807) is 0 Å². The number of benzene rings is 1. The number of aliphatic hydroxyl groups is 1. The van der Waals surface area contributed by atoms with Crippen LogP contribution < -0.4 is 15.8 Å². The second-order valence-corrected chi connectivity index (χ2v) is 10.6. The lowest BCUT2D eigenvalue weighted by Crippen LogP contribution is -2.63. The Kier molecular flexibility index (Phi) is 5.36. The van der Waals surface area contributed by atoms with Crippen molar-refractivity contribution in [1.82, 2.24) is 10.0 Å². The van der Waals surface area contributed by atoms with Crippen LogP contribution >= 0.6 is 0 Å². The molecule has 0 radical (unpaired) electrons. The molecule has 10 heteroatoms. The van der Waals surface area contributed by atoms with Gasteiger partial charge in [-0.1, -0.05) is 12.1 Å². The summed E-state index contributed by atoms with van der Waals surface area (Å²) >= 11 is 0. The van der Waals surface area contributed by atoms with Gasteiger partial charge in [0.25, 0.3) is 0 Å². The molecule has 4 saturated carbocycles. The molecule has 1 aromatic carbocycles. The summed E-state index contributed by atoms with van der Waals surface area (Å²) in [5.74, 6) is -1.29. The van der Waals surface area contributed by atoms with E-state index < -0.39 is 44.7 Å². The number of nitrogens with one attached hydrogen (secondary N) is 2. The maximum absolute atomic E-state index is 13.9. The van der Waals surface area contributed by atoms with Crippen LogP contribution in [0.1, 0.15) is 32.1 Å². The van der Waals surface area contributed by atoms with Crippen LogP contribution in [0.5, 0.6) is 0 Å². The number of aliphatic hydroxyl groups excluding tert-OH is 1. The minimum absolute atomic E-state index is 0.0928. The van der Waals surface area contributed by atoms with Crippen LogP contribution in [0.2, 0.25) is 0 Å². The lowest BCUT2D eigenvalue weighted by atomic mass is 9.47. The molecule has 0 spiro atoms. The van der Waals surface area contributed by atoms with Gasteiger partial charge in [-0.3, -0.25) is 9.59 Å². The maximum Gasteiger partial charge on any atom is 0.244 e. The first kappa shape index (κ1) is 21.2. The standard InChI is InChI=1S/C20H26FN3O5S/c21-14-3-1-2-4-16(14)30(28,29)24-15(10-25)18(26)23-17-12-5-11-6-13(17)9-20(7-11,8-12)19(22)27/h1-4,11-13,15,17,24-25H,5-10H2,(H2,22,27)(H,23,26)/t11?,12?,13?,15-,17?,20?/m1/s1. The SMILES string of the molecule is NC(=O)C12CC3CC(C1)C(NC(=O)[C@@H](CO)NS(=O)(=O)c1ccccc1F)C(C3)C2. The first-order chi connectivity index (χ1) is 14.1. The number of sulfonamides is 1. The quantitative estimate of drug-likeness (QED) is 0.483. The van der Waals surface area contributed by atoms with Crippen molar-refractivity contribution >= 4 is 21.8 Å². The zero-order chi connectivity index (χ0) is 21.7. The van der Waals surface area contributed by atoms with Gasteiger partial charge in [-0.25, -0.2) is 12.8 Å². The number of halogens is 1. The van der Waals surface area contributed by atoms with Gasteiger partial charge in [0.2, 0.25) is 21.8 Å². The van der Waals surface area contributed by atoms with Crippen LogP contribution in [-0.4, -0.2) is 44.0 Å². The van der Waals surface area contributed by atoms with Gasteiger partial charge >= 0.3 is 0 Å². The fourth-order valence-electron chi connectivity index (χ4n) is 5.91. The summed E-state index contributed by atoms with van der Waals surface area (Å²) in [5.41, 5.74) is 5.18. The minimum Gasteiger partial charge on any atom is -0.394 e.